The summed E-state index contributed by atoms with van der Waals surface area (Å²) in [6, 6.07) is 1.77. The Labute approximate surface area is 93.9 Å². The number of fused-ring (bicyclic) bond motifs is 3. The van der Waals surface area contributed by atoms with Gasteiger partial charge in [-0.3, -0.25) is 0 Å². The zero-order valence-electron chi connectivity index (χ0n) is 9.06. The van der Waals surface area contributed by atoms with Crippen molar-refractivity contribution in [2.75, 3.05) is 25.0 Å². The van der Waals surface area contributed by atoms with Crippen LogP contribution in [-0.4, -0.2) is 40.5 Å². The zero-order chi connectivity index (χ0) is 11.0. The van der Waals surface area contributed by atoms with E-state index in [1.165, 1.54) is 38.3 Å². The van der Waals surface area contributed by atoms with Gasteiger partial charge in [-0.1, -0.05) is 0 Å². The second-order valence-corrected chi connectivity index (χ2v) is 4.61. The molecule has 4 rings (SSSR count). The summed E-state index contributed by atoms with van der Waals surface area (Å²) < 4.78 is 12.9. The Kier molecular flexibility index (Phi) is 2.47. The van der Waals surface area contributed by atoms with Gasteiger partial charge < -0.3 is 10.2 Å². The van der Waals surface area contributed by atoms with Crippen LogP contribution in [-0.2, 0) is 0 Å². The topological polar surface area (TPSA) is 41.0 Å². The molecular weight excluding hydrogens is 207 g/mol. The molecule has 0 saturated carbocycles. The first kappa shape index (κ1) is 9.96. The summed E-state index contributed by atoms with van der Waals surface area (Å²) in [5.41, 5.74) is 0. The second-order valence-electron chi connectivity index (χ2n) is 4.61. The van der Waals surface area contributed by atoms with Gasteiger partial charge >= 0.3 is 0 Å². The maximum Gasteiger partial charge on any atom is 0.217 e. The van der Waals surface area contributed by atoms with Gasteiger partial charge in [-0.05, 0) is 31.8 Å². The lowest BCUT2D eigenvalue weighted by Gasteiger charge is -2.45. The van der Waals surface area contributed by atoms with Crippen LogP contribution in [0.25, 0.3) is 0 Å². The number of hydrogen-bond donors (Lipinski definition) is 1. The Bertz CT molecular complexity index is 376. The molecule has 86 valence electrons. The fraction of sp³-hybridized carbons (Fsp3) is 0.636. The third kappa shape index (κ3) is 1.87. The van der Waals surface area contributed by atoms with Crippen molar-refractivity contribution < 1.29 is 4.39 Å². The maximum absolute atomic E-state index is 12.9. The van der Waals surface area contributed by atoms with Gasteiger partial charge in [-0.15, -0.1) is 0 Å². The predicted molar refractivity (Wildman–Crippen MR) is 58.6 cm³/mol. The lowest BCUT2D eigenvalue weighted by atomic mass is 9.84. The molecule has 3 aliphatic heterocycles. The summed E-state index contributed by atoms with van der Waals surface area (Å²) in [6.07, 6.45) is 3.75. The van der Waals surface area contributed by atoms with Crippen molar-refractivity contribution in [1.82, 2.24) is 14.9 Å². The summed E-state index contributed by atoms with van der Waals surface area (Å²) in [5.74, 6) is 0.841. The van der Waals surface area contributed by atoms with Crippen molar-refractivity contribution >= 4 is 5.82 Å². The molecule has 1 atom stereocenters. The summed E-state index contributed by atoms with van der Waals surface area (Å²) in [4.78, 5) is 9.94. The highest BCUT2D eigenvalue weighted by molar-refractivity contribution is 5.34. The van der Waals surface area contributed by atoms with Crippen molar-refractivity contribution in [3.8, 4) is 0 Å². The highest BCUT2D eigenvalue weighted by Gasteiger charge is 2.34. The molecule has 4 nitrogen and oxygen atoms in total. The predicted octanol–water partition coefficient (Wildman–Crippen LogP) is 1.12. The number of halogens is 1. The van der Waals surface area contributed by atoms with Crippen LogP contribution in [0.1, 0.15) is 12.8 Å². The smallest absolute Gasteiger partial charge is 0.217 e. The van der Waals surface area contributed by atoms with E-state index in [1.54, 1.807) is 0 Å². The summed E-state index contributed by atoms with van der Waals surface area (Å²) >= 11 is 0. The summed E-state index contributed by atoms with van der Waals surface area (Å²) in [6.45, 7) is 3.47. The molecule has 0 aliphatic carbocycles. The maximum atomic E-state index is 12.9. The minimum absolute atomic E-state index is 0.414. The van der Waals surface area contributed by atoms with Crippen molar-refractivity contribution in [1.29, 1.82) is 0 Å². The molecule has 3 aliphatic rings. The zero-order valence-corrected chi connectivity index (χ0v) is 9.06. The molecule has 16 heavy (non-hydrogen) atoms. The molecule has 3 saturated heterocycles. The fourth-order valence-electron chi connectivity index (χ4n) is 2.73. The summed E-state index contributed by atoms with van der Waals surface area (Å²) in [7, 11) is 0. The Morgan fingerprint density at radius 1 is 1.31 bits per heavy atom. The Morgan fingerprint density at radius 3 is 2.75 bits per heavy atom. The number of hydrogen-bond acceptors (Lipinski definition) is 4. The van der Waals surface area contributed by atoms with Gasteiger partial charge in [0.05, 0.1) is 0 Å². The molecule has 5 heteroatoms. The third-order valence-corrected chi connectivity index (χ3v) is 3.62. The Morgan fingerprint density at radius 2 is 2.12 bits per heavy atom. The quantitative estimate of drug-likeness (QED) is 0.761. The van der Waals surface area contributed by atoms with Gasteiger partial charge in [-0.2, -0.15) is 4.39 Å². The van der Waals surface area contributed by atoms with Gasteiger partial charge in [0.15, 0.2) is 0 Å². The van der Waals surface area contributed by atoms with E-state index in [2.05, 4.69) is 20.2 Å². The minimum Gasteiger partial charge on any atom is -0.366 e. The van der Waals surface area contributed by atoms with E-state index in [9.17, 15) is 4.39 Å². The molecule has 3 fully saturated rings. The van der Waals surface area contributed by atoms with Gasteiger partial charge in [-0.25, -0.2) is 9.97 Å². The van der Waals surface area contributed by atoms with E-state index in [0.717, 1.165) is 6.54 Å². The monoisotopic (exact) mass is 222 g/mol. The largest absolute Gasteiger partial charge is 0.366 e. The van der Waals surface area contributed by atoms with Crippen molar-refractivity contribution in [3.05, 3.63) is 18.3 Å². The van der Waals surface area contributed by atoms with Crippen LogP contribution in [0, 0.1) is 11.9 Å². The number of aromatic nitrogens is 2. The first-order chi connectivity index (χ1) is 7.81. The van der Waals surface area contributed by atoms with E-state index >= 15 is 0 Å². The van der Waals surface area contributed by atoms with Crippen molar-refractivity contribution in [2.45, 2.75) is 18.9 Å². The third-order valence-electron chi connectivity index (χ3n) is 3.62. The van der Waals surface area contributed by atoms with Crippen LogP contribution in [0.5, 0.6) is 0 Å². The van der Waals surface area contributed by atoms with E-state index in [4.69, 9.17) is 0 Å². The Hall–Kier alpha value is -1.23. The molecule has 2 bridgehead atoms. The first-order valence-corrected chi connectivity index (χ1v) is 5.78. The van der Waals surface area contributed by atoms with E-state index in [-0.39, 0.29) is 0 Å². The lowest BCUT2D eigenvalue weighted by Crippen LogP contribution is -2.53. The molecule has 1 unspecified atom stereocenters. The number of rotatable bonds is 2. The number of piperidine rings is 3. The van der Waals surface area contributed by atoms with Crippen LogP contribution in [0.3, 0.4) is 0 Å². The standard InChI is InChI=1S/C11H15FN4/c12-10-5-11(14-7-13-10)15-9-6-16-3-1-8(9)2-4-16/h5,7-9H,1-4,6H2,(H,13,14,15). The molecule has 0 aromatic carbocycles. The molecule has 1 N–H and O–H groups in total. The SMILES string of the molecule is Fc1cc(NC2CN3CCC2CC3)ncn1. The molecule has 0 amide bonds. The van der Waals surface area contributed by atoms with Crippen LogP contribution < -0.4 is 5.32 Å². The Balaban J connectivity index is 1.71. The summed E-state index contributed by atoms with van der Waals surface area (Å²) in [5, 5.41) is 3.32. The van der Waals surface area contributed by atoms with Gasteiger partial charge in [0.1, 0.15) is 12.1 Å². The van der Waals surface area contributed by atoms with Crippen LogP contribution in [0.15, 0.2) is 12.4 Å². The van der Waals surface area contributed by atoms with Crippen LogP contribution >= 0.6 is 0 Å². The average Bonchev–Trinajstić information content (AvgIpc) is 2.30. The number of anilines is 1. The van der Waals surface area contributed by atoms with E-state index in [0.29, 0.717) is 17.8 Å². The van der Waals surface area contributed by atoms with E-state index < -0.39 is 5.95 Å². The van der Waals surface area contributed by atoms with E-state index in [1.807, 2.05) is 0 Å². The molecule has 1 aromatic rings. The van der Waals surface area contributed by atoms with Gasteiger partial charge in [0, 0.05) is 18.7 Å². The van der Waals surface area contributed by atoms with Crippen molar-refractivity contribution in [3.63, 3.8) is 0 Å². The second kappa shape index (κ2) is 3.97. The molecule has 0 radical (unpaired) electrons. The lowest BCUT2D eigenvalue weighted by molar-refractivity contribution is 0.0973. The van der Waals surface area contributed by atoms with Crippen LogP contribution in [0.4, 0.5) is 10.2 Å². The fourth-order valence-corrected chi connectivity index (χ4v) is 2.73. The van der Waals surface area contributed by atoms with Gasteiger partial charge in [0.25, 0.3) is 0 Å². The molecule has 4 heterocycles. The highest BCUT2D eigenvalue weighted by atomic mass is 19.1. The van der Waals surface area contributed by atoms with Gasteiger partial charge in [0.2, 0.25) is 5.95 Å². The number of nitrogens with one attached hydrogen (secondary N) is 1. The molecular formula is C11H15FN4. The van der Waals surface area contributed by atoms with Crippen molar-refractivity contribution in [2.24, 2.45) is 5.92 Å². The molecule has 0 spiro atoms. The highest BCUT2D eigenvalue weighted by Crippen LogP contribution is 2.29. The minimum atomic E-state index is -0.473. The molecule has 1 aromatic heterocycles. The average molecular weight is 222 g/mol. The van der Waals surface area contributed by atoms with Crippen LogP contribution in [0.2, 0.25) is 0 Å². The normalized spacial score (nSPS) is 32.7. The first-order valence-electron chi connectivity index (χ1n) is 5.78. The number of nitrogens with zero attached hydrogens (tertiary/aromatic N) is 3.